The van der Waals surface area contributed by atoms with Crippen LogP contribution in [0.1, 0.15) is 34.5 Å². The fourth-order valence-corrected chi connectivity index (χ4v) is 2.06. The number of rotatable bonds is 4. The highest BCUT2D eigenvalue weighted by atomic mass is 19.4. The van der Waals surface area contributed by atoms with Crippen molar-refractivity contribution in [2.24, 2.45) is 0 Å². The second-order valence-electron chi connectivity index (χ2n) is 5.02. The van der Waals surface area contributed by atoms with E-state index in [1.165, 1.54) is 30.3 Å². The molecule has 0 radical (unpaired) electrons. The molecular formula is C16H14F3NO3. The topological polar surface area (TPSA) is 69.6 Å². The number of anilines is 1. The Morgan fingerprint density at radius 1 is 1.13 bits per heavy atom. The summed E-state index contributed by atoms with van der Waals surface area (Å²) >= 11 is 0. The molecule has 4 nitrogen and oxygen atoms in total. The molecule has 0 aliphatic rings. The molecule has 0 aromatic heterocycles. The van der Waals surface area contributed by atoms with Crippen molar-refractivity contribution in [3.05, 3.63) is 59.2 Å². The summed E-state index contributed by atoms with van der Waals surface area (Å²) in [6.07, 6.45) is -4.40. The van der Waals surface area contributed by atoms with Gasteiger partial charge in [-0.15, -0.1) is 0 Å². The minimum Gasteiger partial charge on any atom is -0.506 e. The maximum atomic E-state index is 12.5. The molecule has 3 N–H and O–H groups in total. The van der Waals surface area contributed by atoms with Gasteiger partial charge in [-0.3, -0.25) is 0 Å². The Hall–Kier alpha value is -2.70. The standard InChI is InChI=1S/C16H14F3NO3/c1-9(10-2-5-12(6-3-10)16(17,18)19)20-13-8-11(15(22)23)4-7-14(13)21/h2-9,20-21H,1H3,(H,22,23). The van der Waals surface area contributed by atoms with E-state index in [-0.39, 0.29) is 17.0 Å². The van der Waals surface area contributed by atoms with Gasteiger partial charge >= 0.3 is 12.1 Å². The Labute approximate surface area is 130 Å². The summed E-state index contributed by atoms with van der Waals surface area (Å²) in [4.78, 5) is 10.9. The fraction of sp³-hybridized carbons (Fsp3) is 0.188. The maximum absolute atomic E-state index is 12.5. The van der Waals surface area contributed by atoms with Gasteiger partial charge in [-0.1, -0.05) is 12.1 Å². The summed E-state index contributed by atoms with van der Waals surface area (Å²) in [5.74, 6) is -1.29. The number of carboxylic acid groups (broad SMARTS) is 1. The van der Waals surface area contributed by atoms with Gasteiger partial charge in [0.15, 0.2) is 0 Å². The Bertz CT molecular complexity index is 712. The lowest BCUT2D eigenvalue weighted by molar-refractivity contribution is -0.137. The molecule has 0 heterocycles. The molecule has 1 unspecified atom stereocenters. The van der Waals surface area contributed by atoms with Gasteiger partial charge in [0.05, 0.1) is 16.8 Å². The van der Waals surface area contributed by atoms with E-state index in [0.29, 0.717) is 5.56 Å². The predicted octanol–water partition coefficient (Wildman–Crippen LogP) is 4.28. The summed E-state index contributed by atoms with van der Waals surface area (Å²) < 4.78 is 37.6. The van der Waals surface area contributed by atoms with Crippen molar-refractivity contribution >= 4 is 11.7 Å². The lowest BCUT2D eigenvalue weighted by Crippen LogP contribution is -2.09. The highest BCUT2D eigenvalue weighted by Gasteiger charge is 2.30. The molecule has 0 aliphatic carbocycles. The first kappa shape index (κ1) is 16.7. The molecule has 23 heavy (non-hydrogen) atoms. The molecule has 2 rings (SSSR count). The lowest BCUT2D eigenvalue weighted by atomic mass is 10.0. The van der Waals surface area contributed by atoms with Gasteiger partial charge in [0.2, 0.25) is 0 Å². The molecule has 0 spiro atoms. The molecule has 0 amide bonds. The largest absolute Gasteiger partial charge is 0.506 e. The van der Waals surface area contributed by atoms with Crippen molar-refractivity contribution in [2.45, 2.75) is 19.1 Å². The van der Waals surface area contributed by atoms with Crippen LogP contribution in [0.2, 0.25) is 0 Å². The van der Waals surface area contributed by atoms with E-state index in [9.17, 15) is 23.1 Å². The third-order valence-corrected chi connectivity index (χ3v) is 3.35. The summed E-state index contributed by atoms with van der Waals surface area (Å²) in [6.45, 7) is 1.69. The third kappa shape index (κ3) is 3.94. The summed E-state index contributed by atoms with van der Waals surface area (Å²) in [6, 6.07) is 7.95. The number of carboxylic acids is 1. The number of nitrogens with one attached hydrogen (secondary N) is 1. The number of alkyl halides is 3. The molecule has 0 aliphatic heterocycles. The van der Waals surface area contributed by atoms with Gasteiger partial charge in [0.25, 0.3) is 0 Å². The van der Waals surface area contributed by atoms with Crippen LogP contribution in [0.4, 0.5) is 18.9 Å². The van der Waals surface area contributed by atoms with Crippen LogP contribution in [0.3, 0.4) is 0 Å². The van der Waals surface area contributed by atoms with Crippen molar-refractivity contribution in [2.75, 3.05) is 5.32 Å². The van der Waals surface area contributed by atoms with Crippen molar-refractivity contribution in [1.82, 2.24) is 0 Å². The van der Waals surface area contributed by atoms with Crippen LogP contribution >= 0.6 is 0 Å². The average Bonchev–Trinajstić information content (AvgIpc) is 2.48. The Morgan fingerprint density at radius 3 is 2.26 bits per heavy atom. The molecule has 0 saturated carbocycles. The Kier molecular flexibility index (Phi) is 4.49. The molecule has 2 aromatic rings. The number of hydrogen-bond donors (Lipinski definition) is 3. The summed E-state index contributed by atoms with van der Waals surface area (Å²) in [5, 5.41) is 21.6. The smallest absolute Gasteiger partial charge is 0.416 e. The highest BCUT2D eigenvalue weighted by Crippen LogP contribution is 2.32. The number of aromatic carboxylic acids is 1. The van der Waals surface area contributed by atoms with Gasteiger partial charge in [-0.2, -0.15) is 13.2 Å². The minimum atomic E-state index is -4.40. The molecule has 7 heteroatoms. The van der Waals surface area contributed by atoms with Crippen molar-refractivity contribution in [3.63, 3.8) is 0 Å². The lowest BCUT2D eigenvalue weighted by Gasteiger charge is -2.18. The van der Waals surface area contributed by atoms with Crippen molar-refractivity contribution in [3.8, 4) is 5.75 Å². The van der Waals surface area contributed by atoms with Crippen LogP contribution < -0.4 is 5.32 Å². The van der Waals surface area contributed by atoms with Gasteiger partial charge in [0, 0.05) is 6.04 Å². The number of carbonyl (C=O) groups is 1. The second kappa shape index (κ2) is 6.20. The van der Waals surface area contributed by atoms with Gasteiger partial charge in [-0.25, -0.2) is 4.79 Å². The number of benzene rings is 2. The molecule has 2 aromatic carbocycles. The zero-order valence-corrected chi connectivity index (χ0v) is 12.1. The van der Waals surface area contributed by atoms with Crippen molar-refractivity contribution in [1.29, 1.82) is 0 Å². The van der Waals surface area contributed by atoms with E-state index in [4.69, 9.17) is 5.11 Å². The van der Waals surface area contributed by atoms with Gasteiger partial charge in [0.1, 0.15) is 5.75 Å². The summed E-state index contributed by atoms with van der Waals surface area (Å²) in [5.41, 5.74) is 0.00418. The SMILES string of the molecule is CC(Nc1cc(C(=O)O)ccc1O)c1ccc(C(F)(F)F)cc1. The van der Waals surface area contributed by atoms with E-state index in [1.54, 1.807) is 6.92 Å². The quantitative estimate of drug-likeness (QED) is 0.734. The molecule has 122 valence electrons. The molecule has 0 fully saturated rings. The zero-order valence-electron chi connectivity index (χ0n) is 12.1. The first-order valence-electron chi connectivity index (χ1n) is 6.68. The van der Waals surface area contributed by atoms with Crippen LogP contribution in [-0.4, -0.2) is 16.2 Å². The molecule has 0 bridgehead atoms. The normalized spacial score (nSPS) is 12.7. The highest BCUT2D eigenvalue weighted by molar-refractivity contribution is 5.89. The van der Waals surface area contributed by atoms with Crippen LogP contribution in [-0.2, 0) is 6.18 Å². The number of aromatic hydroxyl groups is 1. The first-order chi connectivity index (χ1) is 10.7. The number of phenols is 1. The minimum absolute atomic E-state index is 0.00933. The molecule has 1 atom stereocenters. The maximum Gasteiger partial charge on any atom is 0.416 e. The Morgan fingerprint density at radius 2 is 1.74 bits per heavy atom. The van der Waals surface area contributed by atoms with Crippen LogP contribution in [0.25, 0.3) is 0 Å². The van der Waals surface area contributed by atoms with Crippen LogP contribution in [0.15, 0.2) is 42.5 Å². The van der Waals surface area contributed by atoms with E-state index in [2.05, 4.69) is 5.32 Å². The van der Waals surface area contributed by atoms with Gasteiger partial charge in [-0.05, 0) is 42.8 Å². The molecule has 0 saturated heterocycles. The summed E-state index contributed by atoms with van der Waals surface area (Å²) in [7, 11) is 0. The number of hydrogen-bond acceptors (Lipinski definition) is 3. The monoisotopic (exact) mass is 325 g/mol. The third-order valence-electron chi connectivity index (χ3n) is 3.35. The van der Waals surface area contributed by atoms with E-state index in [0.717, 1.165) is 12.1 Å². The average molecular weight is 325 g/mol. The Balaban J connectivity index is 2.20. The van der Waals surface area contributed by atoms with E-state index >= 15 is 0 Å². The first-order valence-corrected chi connectivity index (χ1v) is 6.68. The van der Waals surface area contributed by atoms with Gasteiger partial charge < -0.3 is 15.5 Å². The fourth-order valence-electron chi connectivity index (χ4n) is 2.06. The number of halogens is 3. The van der Waals surface area contributed by atoms with E-state index < -0.39 is 23.8 Å². The number of phenolic OH excluding ortho intramolecular Hbond substituents is 1. The molecular weight excluding hydrogens is 311 g/mol. The van der Waals surface area contributed by atoms with Crippen LogP contribution in [0.5, 0.6) is 5.75 Å². The second-order valence-corrected chi connectivity index (χ2v) is 5.02. The van der Waals surface area contributed by atoms with E-state index in [1.807, 2.05) is 0 Å². The van der Waals surface area contributed by atoms with Crippen molar-refractivity contribution < 1.29 is 28.2 Å². The van der Waals surface area contributed by atoms with Crippen LogP contribution in [0, 0.1) is 0 Å². The zero-order chi connectivity index (χ0) is 17.2. The predicted molar refractivity (Wildman–Crippen MR) is 78.5 cm³/mol.